The minimum absolute atomic E-state index is 0.0279. The van der Waals surface area contributed by atoms with E-state index in [2.05, 4.69) is 5.32 Å². The van der Waals surface area contributed by atoms with Crippen LogP contribution < -0.4 is 5.32 Å². The third-order valence-corrected chi connectivity index (χ3v) is 4.31. The Morgan fingerprint density at radius 3 is 2.62 bits per heavy atom. The molecule has 2 aliphatic rings. The number of benzene rings is 1. The first kappa shape index (κ1) is 16.9. The van der Waals surface area contributed by atoms with Gasteiger partial charge < -0.3 is 19.7 Å². The van der Waals surface area contributed by atoms with E-state index in [-0.39, 0.29) is 30.1 Å². The predicted octanol–water partition coefficient (Wildman–Crippen LogP) is 2.05. The number of carbonyl (C=O) groups excluding carboxylic acids is 2. The van der Waals surface area contributed by atoms with Crippen LogP contribution in [-0.2, 0) is 14.3 Å². The molecular weight excluding hydrogens is 308 g/mol. The van der Waals surface area contributed by atoms with Gasteiger partial charge in [0.2, 0.25) is 0 Å². The van der Waals surface area contributed by atoms with Gasteiger partial charge in [-0.3, -0.25) is 9.59 Å². The van der Waals surface area contributed by atoms with Crippen molar-refractivity contribution in [2.45, 2.75) is 45.0 Å². The molecule has 0 aromatic heterocycles. The second-order valence-electron chi connectivity index (χ2n) is 6.54. The highest BCUT2D eigenvalue weighted by molar-refractivity contribution is 5.98. The summed E-state index contributed by atoms with van der Waals surface area (Å²) < 4.78 is 11.1. The number of nitrogens with one attached hydrogen (secondary N) is 1. The van der Waals surface area contributed by atoms with Crippen molar-refractivity contribution in [3.8, 4) is 0 Å². The van der Waals surface area contributed by atoms with Crippen LogP contribution in [0.5, 0.6) is 0 Å². The molecule has 3 rings (SSSR count). The molecule has 1 aromatic rings. The molecular formula is C18H24N2O4. The van der Waals surface area contributed by atoms with Crippen LogP contribution >= 0.6 is 0 Å². The second-order valence-corrected chi connectivity index (χ2v) is 6.54. The Morgan fingerprint density at radius 2 is 1.96 bits per heavy atom. The number of rotatable bonds is 3. The lowest BCUT2D eigenvalue weighted by Crippen LogP contribution is -2.48. The van der Waals surface area contributed by atoms with Crippen molar-refractivity contribution in [2.75, 3.05) is 25.0 Å². The van der Waals surface area contributed by atoms with Crippen LogP contribution in [0.2, 0.25) is 0 Å². The molecule has 6 nitrogen and oxygen atoms in total. The van der Waals surface area contributed by atoms with Crippen LogP contribution in [0.25, 0.3) is 0 Å². The topological polar surface area (TPSA) is 67.9 Å². The Balaban J connectivity index is 1.68. The summed E-state index contributed by atoms with van der Waals surface area (Å²) in [7, 11) is 0. The number of ether oxygens (including phenoxy) is 2. The highest BCUT2D eigenvalue weighted by atomic mass is 16.5. The quantitative estimate of drug-likeness (QED) is 0.920. The molecule has 2 amide bonds. The summed E-state index contributed by atoms with van der Waals surface area (Å²) in [6, 6.07) is 7.06. The normalized spacial score (nSPS) is 27.1. The summed E-state index contributed by atoms with van der Waals surface area (Å²) in [5.41, 5.74) is 1.19. The van der Waals surface area contributed by atoms with Gasteiger partial charge in [-0.25, -0.2) is 0 Å². The van der Waals surface area contributed by atoms with Crippen LogP contribution in [0.4, 0.5) is 5.69 Å². The summed E-state index contributed by atoms with van der Waals surface area (Å²) in [6.07, 6.45) is 1.32. The number of nitrogens with zero attached hydrogens (tertiary/aromatic N) is 1. The molecule has 24 heavy (non-hydrogen) atoms. The van der Waals surface area contributed by atoms with Crippen molar-refractivity contribution >= 4 is 17.5 Å². The number of hydrogen-bond donors (Lipinski definition) is 1. The number of hydrogen-bond acceptors (Lipinski definition) is 4. The minimum atomic E-state index is -0.384. The average molecular weight is 332 g/mol. The van der Waals surface area contributed by atoms with Gasteiger partial charge in [-0.2, -0.15) is 0 Å². The lowest BCUT2D eigenvalue weighted by Gasteiger charge is -2.35. The van der Waals surface area contributed by atoms with E-state index in [1.807, 2.05) is 13.8 Å². The van der Waals surface area contributed by atoms with Gasteiger partial charge >= 0.3 is 0 Å². The van der Waals surface area contributed by atoms with Crippen molar-refractivity contribution < 1.29 is 19.1 Å². The second kappa shape index (κ2) is 7.32. The summed E-state index contributed by atoms with van der Waals surface area (Å²) in [5.74, 6) is -0.184. The number of carbonyl (C=O) groups is 2. The van der Waals surface area contributed by atoms with Crippen molar-refractivity contribution in [3.05, 3.63) is 29.8 Å². The number of anilines is 1. The fourth-order valence-corrected chi connectivity index (χ4v) is 3.26. The first-order chi connectivity index (χ1) is 11.5. The van der Waals surface area contributed by atoms with E-state index in [9.17, 15) is 9.59 Å². The standard InChI is InChI=1S/C18H24N2O4/c1-12-10-20(11-13(2)24-12)18(22)14-5-3-6-15(9-14)19-17(21)16-7-4-8-23-16/h3,5-6,9,12-13,16H,4,7-8,10-11H2,1-2H3,(H,19,21)/t12-,13+,16-/m1/s1. The van der Waals surface area contributed by atoms with E-state index in [0.29, 0.717) is 30.9 Å². The fourth-order valence-electron chi connectivity index (χ4n) is 3.26. The zero-order valence-corrected chi connectivity index (χ0v) is 14.2. The molecule has 0 bridgehead atoms. The molecule has 0 aliphatic carbocycles. The molecule has 1 aromatic carbocycles. The molecule has 1 N–H and O–H groups in total. The monoisotopic (exact) mass is 332 g/mol. The minimum Gasteiger partial charge on any atom is -0.372 e. The summed E-state index contributed by atoms with van der Waals surface area (Å²) >= 11 is 0. The van der Waals surface area contributed by atoms with Crippen LogP contribution in [0.3, 0.4) is 0 Å². The third kappa shape index (κ3) is 3.94. The molecule has 2 fully saturated rings. The number of morpholine rings is 1. The summed E-state index contributed by atoms with van der Waals surface area (Å²) in [4.78, 5) is 26.7. The zero-order chi connectivity index (χ0) is 17.1. The highest BCUT2D eigenvalue weighted by Gasteiger charge is 2.27. The van der Waals surface area contributed by atoms with Gasteiger partial charge in [-0.1, -0.05) is 6.07 Å². The SMILES string of the molecule is C[C@@H]1CN(C(=O)c2cccc(NC(=O)[C@H]3CCCO3)c2)C[C@H](C)O1. The molecule has 0 spiro atoms. The van der Waals surface area contributed by atoms with Crippen molar-refractivity contribution in [1.29, 1.82) is 0 Å². The van der Waals surface area contributed by atoms with Crippen LogP contribution in [0, 0.1) is 0 Å². The van der Waals surface area contributed by atoms with Gasteiger partial charge in [0.1, 0.15) is 6.10 Å². The largest absolute Gasteiger partial charge is 0.372 e. The zero-order valence-electron chi connectivity index (χ0n) is 14.2. The molecule has 130 valence electrons. The molecule has 2 saturated heterocycles. The van der Waals surface area contributed by atoms with Crippen molar-refractivity contribution in [3.63, 3.8) is 0 Å². The lowest BCUT2D eigenvalue weighted by atomic mass is 10.1. The van der Waals surface area contributed by atoms with E-state index >= 15 is 0 Å². The van der Waals surface area contributed by atoms with Crippen molar-refractivity contribution in [1.82, 2.24) is 4.90 Å². The maximum atomic E-state index is 12.7. The van der Waals surface area contributed by atoms with Gasteiger partial charge in [-0.05, 0) is 44.9 Å². The predicted molar refractivity (Wildman–Crippen MR) is 90.0 cm³/mol. The van der Waals surface area contributed by atoms with E-state index in [1.165, 1.54) is 0 Å². The average Bonchev–Trinajstić information content (AvgIpc) is 3.08. The van der Waals surface area contributed by atoms with Crippen LogP contribution in [0.15, 0.2) is 24.3 Å². The molecule has 0 radical (unpaired) electrons. The van der Waals surface area contributed by atoms with E-state index in [4.69, 9.17) is 9.47 Å². The highest BCUT2D eigenvalue weighted by Crippen LogP contribution is 2.19. The van der Waals surface area contributed by atoms with Gasteiger partial charge in [-0.15, -0.1) is 0 Å². The molecule has 0 unspecified atom stereocenters. The molecule has 2 aliphatic heterocycles. The molecule has 2 heterocycles. The Kier molecular flexibility index (Phi) is 5.16. The van der Waals surface area contributed by atoms with E-state index in [1.54, 1.807) is 29.2 Å². The van der Waals surface area contributed by atoms with E-state index < -0.39 is 0 Å². The number of amides is 2. The Labute approximate surface area is 142 Å². The van der Waals surface area contributed by atoms with Crippen LogP contribution in [0.1, 0.15) is 37.0 Å². The van der Waals surface area contributed by atoms with E-state index in [0.717, 1.165) is 12.8 Å². The Morgan fingerprint density at radius 1 is 1.21 bits per heavy atom. The summed E-state index contributed by atoms with van der Waals surface area (Å²) in [5, 5.41) is 2.84. The van der Waals surface area contributed by atoms with Gasteiger partial charge in [0.15, 0.2) is 0 Å². The molecule has 3 atom stereocenters. The maximum Gasteiger partial charge on any atom is 0.254 e. The van der Waals surface area contributed by atoms with Gasteiger partial charge in [0.25, 0.3) is 11.8 Å². The Hall–Kier alpha value is -1.92. The van der Waals surface area contributed by atoms with Crippen molar-refractivity contribution in [2.24, 2.45) is 0 Å². The molecule has 6 heteroatoms. The lowest BCUT2D eigenvalue weighted by molar-refractivity contribution is -0.124. The third-order valence-electron chi connectivity index (χ3n) is 4.31. The smallest absolute Gasteiger partial charge is 0.254 e. The first-order valence-corrected chi connectivity index (χ1v) is 8.50. The fraction of sp³-hybridized carbons (Fsp3) is 0.556. The molecule has 0 saturated carbocycles. The van der Waals surface area contributed by atoms with Gasteiger partial charge in [0, 0.05) is 30.9 Å². The first-order valence-electron chi connectivity index (χ1n) is 8.50. The maximum absolute atomic E-state index is 12.7. The van der Waals surface area contributed by atoms with Crippen LogP contribution in [-0.4, -0.2) is 54.7 Å². The van der Waals surface area contributed by atoms with Gasteiger partial charge in [0.05, 0.1) is 12.2 Å². The summed E-state index contributed by atoms with van der Waals surface area (Å²) in [6.45, 7) is 5.72. The Bertz CT molecular complexity index is 603.